The van der Waals surface area contributed by atoms with E-state index in [2.05, 4.69) is 15.3 Å². The molecule has 0 radical (unpaired) electrons. The van der Waals surface area contributed by atoms with Crippen molar-refractivity contribution < 1.29 is 4.74 Å². The number of rotatable bonds is 7. The van der Waals surface area contributed by atoms with E-state index in [0.717, 1.165) is 0 Å². The highest BCUT2D eigenvalue weighted by atomic mass is 35.5. The lowest BCUT2D eigenvalue weighted by atomic mass is 10.1. The van der Waals surface area contributed by atoms with Crippen molar-refractivity contribution in [2.24, 2.45) is 0 Å². The van der Waals surface area contributed by atoms with E-state index in [1.165, 1.54) is 0 Å². The minimum absolute atomic E-state index is 0.0350. The normalized spacial score (nSPS) is 12.5. The summed E-state index contributed by atoms with van der Waals surface area (Å²) in [4.78, 5) is 26.0. The molecule has 0 aliphatic heterocycles. The van der Waals surface area contributed by atoms with Gasteiger partial charge in [0, 0.05) is 13.7 Å². The molecule has 0 saturated carbocycles. The molecule has 0 aliphatic rings. The molecular formula is C21H25ClN8O2. The van der Waals surface area contributed by atoms with Gasteiger partial charge < -0.3 is 21.5 Å². The van der Waals surface area contributed by atoms with E-state index in [9.17, 15) is 10.1 Å². The van der Waals surface area contributed by atoms with Crippen molar-refractivity contribution in [2.75, 3.05) is 23.9 Å². The number of nitrogen functional groups attached to an aromatic ring is 2. The number of anilines is 3. The fourth-order valence-corrected chi connectivity index (χ4v) is 3.50. The zero-order valence-corrected chi connectivity index (χ0v) is 19.1. The summed E-state index contributed by atoms with van der Waals surface area (Å²) in [5.41, 5.74) is 11.3. The van der Waals surface area contributed by atoms with Gasteiger partial charge in [0.1, 0.15) is 23.3 Å². The minimum Gasteiger partial charge on any atom is -0.382 e. The number of nitrogens with zero attached hydrogens (tertiary/aromatic N) is 5. The van der Waals surface area contributed by atoms with Crippen molar-refractivity contribution in [2.45, 2.75) is 45.4 Å². The van der Waals surface area contributed by atoms with Crippen LogP contribution in [-0.4, -0.2) is 32.2 Å². The van der Waals surface area contributed by atoms with Crippen LogP contribution in [0.3, 0.4) is 0 Å². The second kappa shape index (κ2) is 8.98. The highest BCUT2D eigenvalue weighted by molar-refractivity contribution is 6.35. The van der Waals surface area contributed by atoms with E-state index in [1.807, 2.05) is 19.9 Å². The first kappa shape index (κ1) is 23.2. The number of halogens is 1. The molecule has 0 amide bonds. The molecule has 11 heteroatoms. The molecule has 0 bridgehead atoms. The Kier molecular flexibility index (Phi) is 6.52. The molecule has 3 aromatic rings. The predicted octanol–water partition coefficient (Wildman–Crippen LogP) is 2.86. The Bertz CT molecular complexity index is 1270. The third kappa shape index (κ3) is 4.59. The summed E-state index contributed by atoms with van der Waals surface area (Å²) in [6, 6.07) is 6.56. The molecule has 0 aliphatic carbocycles. The second-order valence-corrected chi connectivity index (χ2v) is 8.35. The molecule has 32 heavy (non-hydrogen) atoms. The van der Waals surface area contributed by atoms with E-state index in [1.54, 1.807) is 36.8 Å². The first-order valence-electron chi connectivity index (χ1n) is 9.91. The summed E-state index contributed by atoms with van der Waals surface area (Å²) in [5.74, 6) is 0.492. The number of fused-ring (bicyclic) bond motifs is 1. The summed E-state index contributed by atoms with van der Waals surface area (Å²) >= 11 is 6.31. The topological polar surface area (TPSA) is 158 Å². The van der Waals surface area contributed by atoms with Gasteiger partial charge in [-0.2, -0.15) is 15.2 Å². The Morgan fingerprint density at radius 2 is 2.03 bits per heavy atom. The van der Waals surface area contributed by atoms with E-state index < -0.39 is 11.6 Å². The van der Waals surface area contributed by atoms with Crippen LogP contribution in [0.2, 0.25) is 5.02 Å². The van der Waals surface area contributed by atoms with Crippen LogP contribution in [-0.2, 0) is 11.3 Å². The van der Waals surface area contributed by atoms with Crippen molar-refractivity contribution in [1.29, 1.82) is 5.26 Å². The van der Waals surface area contributed by atoms with Gasteiger partial charge in [0.05, 0.1) is 27.6 Å². The van der Waals surface area contributed by atoms with Gasteiger partial charge in [-0.15, -0.1) is 0 Å². The van der Waals surface area contributed by atoms with Crippen molar-refractivity contribution in [3.05, 3.63) is 45.0 Å². The fourth-order valence-electron chi connectivity index (χ4n) is 3.25. The highest BCUT2D eigenvalue weighted by Crippen LogP contribution is 2.26. The Balaban J connectivity index is 2.13. The zero-order valence-electron chi connectivity index (χ0n) is 18.3. The Morgan fingerprint density at radius 3 is 2.69 bits per heavy atom. The number of methoxy groups -OCH3 is 1. The number of nitriles is 1. The first-order chi connectivity index (χ1) is 15.1. The third-order valence-corrected chi connectivity index (χ3v) is 5.57. The maximum Gasteiger partial charge on any atom is 0.262 e. The Labute approximate surface area is 190 Å². The van der Waals surface area contributed by atoms with Gasteiger partial charge >= 0.3 is 0 Å². The summed E-state index contributed by atoms with van der Waals surface area (Å²) in [7, 11) is 1.62. The van der Waals surface area contributed by atoms with Crippen LogP contribution < -0.4 is 22.3 Å². The molecule has 1 aromatic carbocycles. The van der Waals surface area contributed by atoms with E-state index >= 15 is 0 Å². The lowest BCUT2D eigenvalue weighted by Crippen LogP contribution is -2.32. The summed E-state index contributed by atoms with van der Waals surface area (Å²) in [5, 5.41) is 13.2. The lowest BCUT2D eigenvalue weighted by Gasteiger charge is -2.25. The molecule has 10 nitrogen and oxygen atoms in total. The lowest BCUT2D eigenvalue weighted by molar-refractivity contribution is 0.0116. The number of hydrogen-bond acceptors (Lipinski definition) is 9. The van der Waals surface area contributed by atoms with Gasteiger partial charge in [-0.25, -0.2) is 4.98 Å². The molecule has 1 unspecified atom stereocenters. The Morgan fingerprint density at radius 1 is 1.31 bits per heavy atom. The van der Waals surface area contributed by atoms with Crippen molar-refractivity contribution in [3.63, 3.8) is 0 Å². The maximum absolute atomic E-state index is 13.4. The van der Waals surface area contributed by atoms with E-state index in [4.69, 9.17) is 32.8 Å². The van der Waals surface area contributed by atoms with Crippen molar-refractivity contribution >= 4 is 40.1 Å². The average molecular weight is 457 g/mol. The molecule has 0 spiro atoms. The number of nitrogens with one attached hydrogen (secondary N) is 1. The summed E-state index contributed by atoms with van der Waals surface area (Å²) < 4.78 is 7.07. The molecule has 0 saturated heterocycles. The minimum atomic E-state index is -0.530. The van der Waals surface area contributed by atoms with Gasteiger partial charge in [0.2, 0.25) is 5.95 Å². The van der Waals surface area contributed by atoms with Gasteiger partial charge in [0.25, 0.3) is 5.56 Å². The summed E-state index contributed by atoms with van der Waals surface area (Å²) in [6.07, 6.45) is 0.553. The van der Waals surface area contributed by atoms with Crippen LogP contribution in [0.1, 0.15) is 44.6 Å². The third-order valence-electron chi connectivity index (χ3n) is 5.26. The molecular weight excluding hydrogens is 432 g/mol. The average Bonchev–Trinajstić information content (AvgIpc) is 2.72. The highest BCUT2D eigenvalue weighted by Gasteiger charge is 2.23. The Hall–Kier alpha value is -3.42. The van der Waals surface area contributed by atoms with Crippen molar-refractivity contribution in [1.82, 2.24) is 19.5 Å². The number of nitrogens with two attached hydrogens (primary N) is 2. The van der Waals surface area contributed by atoms with Crippen LogP contribution in [0.15, 0.2) is 23.0 Å². The predicted molar refractivity (Wildman–Crippen MR) is 124 cm³/mol. The second-order valence-electron chi connectivity index (χ2n) is 7.94. The van der Waals surface area contributed by atoms with E-state index in [-0.39, 0.29) is 28.7 Å². The largest absolute Gasteiger partial charge is 0.382 e. The number of benzene rings is 1. The van der Waals surface area contributed by atoms with Gasteiger partial charge in [0.15, 0.2) is 5.82 Å². The van der Waals surface area contributed by atoms with E-state index in [0.29, 0.717) is 34.7 Å². The summed E-state index contributed by atoms with van der Waals surface area (Å²) in [6.45, 7) is 6.01. The molecule has 1 atom stereocenters. The van der Waals surface area contributed by atoms with Crippen LogP contribution in [0.25, 0.3) is 10.9 Å². The molecule has 0 fully saturated rings. The monoisotopic (exact) mass is 456 g/mol. The molecule has 3 rings (SSSR count). The molecule has 2 aromatic heterocycles. The zero-order chi connectivity index (χ0) is 23.6. The standard InChI is InChI=1S/C21H25ClN8O2/c1-11(26-17-12(10-23)16(24)28-20(25)29-17)18-27-14-7-5-6-13(22)15(14)19(31)30(18)9-8-21(2,3)32-4/h5-7,11H,8-9H2,1-4H3,(H5,24,25,26,28,29). The number of hydrogen-bond donors (Lipinski definition) is 3. The van der Waals surface area contributed by atoms with Gasteiger partial charge in [-0.1, -0.05) is 17.7 Å². The first-order valence-corrected chi connectivity index (χ1v) is 10.3. The molecule has 2 heterocycles. The van der Waals surface area contributed by atoms with Crippen molar-refractivity contribution in [3.8, 4) is 6.07 Å². The molecule has 5 N–H and O–H groups in total. The SMILES string of the molecule is COC(C)(C)CCn1c(C(C)Nc2nc(N)nc(N)c2C#N)nc2cccc(Cl)c2c1=O. The van der Waals surface area contributed by atoms with Crippen LogP contribution in [0.5, 0.6) is 0 Å². The fraction of sp³-hybridized carbons (Fsp3) is 0.381. The van der Waals surface area contributed by atoms with Crippen LogP contribution >= 0.6 is 11.6 Å². The maximum atomic E-state index is 13.4. The van der Waals surface area contributed by atoms with Crippen LogP contribution in [0, 0.1) is 11.3 Å². The van der Waals surface area contributed by atoms with Gasteiger partial charge in [-0.05, 0) is 39.3 Å². The quantitative estimate of drug-likeness (QED) is 0.485. The number of aromatic nitrogens is 4. The molecule has 168 valence electrons. The van der Waals surface area contributed by atoms with Gasteiger partial charge in [-0.3, -0.25) is 9.36 Å². The van der Waals surface area contributed by atoms with Crippen LogP contribution in [0.4, 0.5) is 17.6 Å². The smallest absolute Gasteiger partial charge is 0.262 e. The number of ether oxygens (including phenoxy) is 1.